The van der Waals surface area contributed by atoms with Gasteiger partial charge in [-0.15, -0.1) is 0 Å². The molecule has 0 saturated heterocycles. The van der Waals surface area contributed by atoms with Crippen LogP contribution in [0.3, 0.4) is 0 Å². The van der Waals surface area contributed by atoms with Crippen LogP contribution in [-0.4, -0.2) is 28.9 Å². The Morgan fingerprint density at radius 1 is 1.22 bits per heavy atom. The van der Waals surface area contributed by atoms with Crippen LogP contribution < -0.4 is 9.47 Å². The number of carbonyl (C=O) groups excluding carboxylic acids is 1. The van der Waals surface area contributed by atoms with Crippen molar-refractivity contribution in [2.45, 2.75) is 19.9 Å². The molecule has 5 nitrogen and oxygen atoms in total. The molecule has 162 valence electrons. The lowest BCUT2D eigenvalue weighted by molar-refractivity contribution is 0.0949. The lowest BCUT2D eigenvalue weighted by Crippen LogP contribution is -2.34. The molecule has 0 atom stereocenters. The number of ketones is 1. The maximum absolute atomic E-state index is 13.1. The molecule has 2 aliphatic heterocycles. The Labute approximate surface area is 196 Å². The normalized spacial score (nSPS) is 16.5. The van der Waals surface area contributed by atoms with Crippen molar-refractivity contribution in [1.82, 2.24) is 9.88 Å². The van der Waals surface area contributed by atoms with E-state index in [1.54, 1.807) is 24.5 Å². The van der Waals surface area contributed by atoms with Crippen LogP contribution in [0.2, 0.25) is 10.0 Å². The molecule has 0 fully saturated rings. The Morgan fingerprint density at radius 2 is 2.09 bits per heavy atom. The van der Waals surface area contributed by atoms with Gasteiger partial charge in [-0.1, -0.05) is 35.3 Å². The minimum atomic E-state index is -0.116. The number of hydrogen-bond donors (Lipinski definition) is 0. The highest BCUT2D eigenvalue weighted by molar-refractivity contribution is 6.35. The van der Waals surface area contributed by atoms with Crippen molar-refractivity contribution in [3.05, 3.63) is 92.4 Å². The number of fused-ring (bicyclic) bond motifs is 3. The van der Waals surface area contributed by atoms with Crippen LogP contribution in [0.5, 0.6) is 11.5 Å². The van der Waals surface area contributed by atoms with Crippen LogP contribution >= 0.6 is 23.2 Å². The average molecular weight is 467 g/mol. The van der Waals surface area contributed by atoms with E-state index in [1.807, 2.05) is 37.3 Å². The number of hydrogen-bond acceptors (Lipinski definition) is 5. The van der Waals surface area contributed by atoms with E-state index in [2.05, 4.69) is 9.88 Å². The highest BCUT2D eigenvalue weighted by Crippen LogP contribution is 2.44. The predicted octanol–water partition coefficient (Wildman–Crippen LogP) is 5.71. The fraction of sp³-hybridized carbons (Fsp3) is 0.200. The lowest BCUT2D eigenvalue weighted by atomic mass is 9.98. The van der Waals surface area contributed by atoms with Gasteiger partial charge >= 0.3 is 0 Å². The van der Waals surface area contributed by atoms with Gasteiger partial charge in [-0.25, -0.2) is 0 Å². The third kappa shape index (κ3) is 3.99. The van der Waals surface area contributed by atoms with Gasteiger partial charge in [0.05, 0.1) is 11.1 Å². The van der Waals surface area contributed by atoms with Crippen LogP contribution in [-0.2, 0) is 13.0 Å². The number of aromatic nitrogens is 1. The quantitative estimate of drug-likeness (QED) is 0.461. The third-order valence-electron chi connectivity index (χ3n) is 5.68. The van der Waals surface area contributed by atoms with E-state index in [0.29, 0.717) is 40.4 Å². The Morgan fingerprint density at radius 3 is 2.88 bits per heavy atom. The van der Waals surface area contributed by atoms with E-state index in [4.69, 9.17) is 32.7 Å². The molecule has 1 aromatic heterocycles. The average Bonchev–Trinajstić information content (AvgIpc) is 3.11. The maximum atomic E-state index is 13.1. The predicted molar refractivity (Wildman–Crippen MR) is 124 cm³/mol. The second-order valence-electron chi connectivity index (χ2n) is 7.91. The molecule has 2 aliphatic rings. The van der Waals surface area contributed by atoms with Crippen LogP contribution in [0.4, 0.5) is 0 Å². The molecule has 7 heteroatoms. The van der Waals surface area contributed by atoms with Crippen molar-refractivity contribution in [2.24, 2.45) is 0 Å². The molecule has 0 amide bonds. The Hall–Kier alpha value is -2.86. The first-order valence-corrected chi connectivity index (χ1v) is 11.0. The number of benzene rings is 2. The molecule has 0 N–H and O–H groups in total. The largest absolute Gasteiger partial charge is 0.478 e. The van der Waals surface area contributed by atoms with Gasteiger partial charge in [0.15, 0.2) is 5.76 Å². The molecule has 0 bridgehead atoms. The number of Topliss-reactive ketones (excluding diaryl/α,β-unsaturated/α-hetero) is 1. The van der Waals surface area contributed by atoms with Crippen LogP contribution in [0.25, 0.3) is 6.08 Å². The number of ether oxygens (including phenoxy) is 2. The number of rotatable bonds is 4. The molecule has 3 heterocycles. The maximum Gasteiger partial charge on any atom is 0.232 e. The summed E-state index contributed by atoms with van der Waals surface area (Å²) in [5, 5.41) is 1.28. The number of carbonyl (C=O) groups is 1. The third-order valence-corrected chi connectivity index (χ3v) is 6.27. The van der Waals surface area contributed by atoms with Crippen molar-refractivity contribution in [3.63, 3.8) is 0 Å². The number of nitrogens with zero attached hydrogens (tertiary/aromatic N) is 2. The summed E-state index contributed by atoms with van der Waals surface area (Å²) in [5.41, 5.74) is 4.18. The van der Waals surface area contributed by atoms with Crippen molar-refractivity contribution in [2.75, 3.05) is 13.3 Å². The molecule has 0 unspecified atom stereocenters. The van der Waals surface area contributed by atoms with Gasteiger partial charge in [-0.05, 0) is 60.4 Å². The van der Waals surface area contributed by atoms with Gasteiger partial charge in [-0.3, -0.25) is 14.7 Å². The fourth-order valence-electron chi connectivity index (χ4n) is 4.04. The number of pyridine rings is 1. The summed E-state index contributed by atoms with van der Waals surface area (Å²) < 4.78 is 12.1. The monoisotopic (exact) mass is 466 g/mol. The second kappa shape index (κ2) is 8.58. The molecule has 2 aromatic carbocycles. The van der Waals surface area contributed by atoms with E-state index in [-0.39, 0.29) is 5.78 Å². The SMILES string of the molecule is Cc1cc2c(c3c1C(=O)/C(=C\c1cccnc1)O3)CN(CCc1ccc(Cl)cc1Cl)CO2. The van der Waals surface area contributed by atoms with E-state index in [1.165, 1.54) is 0 Å². The summed E-state index contributed by atoms with van der Waals surface area (Å²) in [6.07, 6.45) is 5.87. The van der Waals surface area contributed by atoms with Gasteiger partial charge in [0.1, 0.15) is 18.2 Å². The number of halogens is 2. The lowest BCUT2D eigenvalue weighted by Gasteiger charge is -2.30. The van der Waals surface area contributed by atoms with Gasteiger partial charge in [0.2, 0.25) is 5.78 Å². The molecule has 0 radical (unpaired) electrons. The highest BCUT2D eigenvalue weighted by atomic mass is 35.5. The summed E-state index contributed by atoms with van der Waals surface area (Å²) in [6.45, 7) is 3.74. The molecule has 0 spiro atoms. The van der Waals surface area contributed by atoms with E-state index >= 15 is 0 Å². The Bertz CT molecular complexity index is 1240. The van der Waals surface area contributed by atoms with Crippen molar-refractivity contribution < 1.29 is 14.3 Å². The zero-order chi connectivity index (χ0) is 22.2. The van der Waals surface area contributed by atoms with Gasteiger partial charge in [0.25, 0.3) is 0 Å². The number of allylic oxidation sites excluding steroid dienone is 1. The highest BCUT2D eigenvalue weighted by Gasteiger charge is 2.35. The first-order valence-electron chi connectivity index (χ1n) is 10.3. The van der Waals surface area contributed by atoms with E-state index in [0.717, 1.165) is 41.0 Å². The summed E-state index contributed by atoms with van der Waals surface area (Å²) >= 11 is 12.3. The van der Waals surface area contributed by atoms with Crippen LogP contribution in [0.15, 0.2) is 54.6 Å². The second-order valence-corrected chi connectivity index (χ2v) is 8.76. The summed E-state index contributed by atoms with van der Waals surface area (Å²) in [4.78, 5) is 19.3. The minimum absolute atomic E-state index is 0.116. The summed E-state index contributed by atoms with van der Waals surface area (Å²) in [5.74, 6) is 1.54. The van der Waals surface area contributed by atoms with E-state index in [9.17, 15) is 4.79 Å². The Balaban J connectivity index is 1.39. The summed E-state index contributed by atoms with van der Waals surface area (Å²) in [6, 6.07) is 11.2. The molecule has 32 heavy (non-hydrogen) atoms. The van der Waals surface area contributed by atoms with Crippen molar-refractivity contribution in [1.29, 1.82) is 0 Å². The zero-order valence-corrected chi connectivity index (χ0v) is 18.9. The first-order chi connectivity index (χ1) is 15.5. The topological polar surface area (TPSA) is 51.7 Å². The van der Waals surface area contributed by atoms with Crippen molar-refractivity contribution in [3.8, 4) is 11.5 Å². The van der Waals surface area contributed by atoms with Crippen LogP contribution in [0.1, 0.15) is 32.6 Å². The minimum Gasteiger partial charge on any atom is -0.478 e. The summed E-state index contributed by atoms with van der Waals surface area (Å²) in [7, 11) is 0. The van der Waals surface area contributed by atoms with Gasteiger partial charge in [0, 0.05) is 35.5 Å². The smallest absolute Gasteiger partial charge is 0.232 e. The zero-order valence-electron chi connectivity index (χ0n) is 17.4. The van der Waals surface area contributed by atoms with E-state index < -0.39 is 0 Å². The Kier molecular flexibility index (Phi) is 5.64. The molecule has 0 saturated carbocycles. The molecular weight excluding hydrogens is 447 g/mol. The first kappa shape index (κ1) is 21.0. The van der Waals surface area contributed by atoms with Gasteiger partial charge in [-0.2, -0.15) is 0 Å². The molecular formula is C25H20Cl2N2O3. The molecule has 3 aromatic rings. The van der Waals surface area contributed by atoms with Gasteiger partial charge < -0.3 is 9.47 Å². The van der Waals surface area contributed by atoms with Crippen molar-refractivity contribution >= 4 is 35.1 Å². The number of aryl methyl sites for hydroxylation is 1. The molecule has 5 rings (SSSR count). The van der Waals surface area contributed by atoms with Crippen LogP contribution in [0, 0.1) is 6.92 Å². The fourth-order valence-corrected chi connectivity index (χ4v) is 4.54. The standard InChI is InChI=1S/C25H20Cl2N2O3/c1-15-9-21-19(13-29(14-31-21)8-6-17-4-5-18(26)11-20(17)27)25-23(15)24(30)22(32-25)10-16-3-2-7-28-12-16/h2-5,7,9-12H,6,8,13-14H2,1H3/b22-10+. The molecule has 0 aliphatic carbocycles.